The topological polar surface area (TPSA) is 90.6 Å². The molecule has 0 saturated carbocycles. The normalized spacial score (nSPS) is 12.3. The molecule has 8 heteroatoms. The summed E-state index contributed by atoms with van der Waals surface area (Å²) in [5.74, 6) is -0.921. The van der Waals surface area contributed by atoms with Crippen LogP contribution in [-0.2, 0) is 6.54 Å². The van der Waals surface area contributed by atoms with Gasteiger partial charge in [0.15, 0.2) is 17.3 Å². The molecule has 0 aliphatic heterocycles. The van der Waals surface area contributed by atoms with Gasteiger partial charge in [-0.2, -0.15) is 4.68 Å². The smallest absolute Gasteiger partial charge is 0.437 e. The van der Waals surface area contributed by atoms with Gasteiger partial charge in [0.05, 0.1) is 12.8 Å². The highest BCUT2D eigenvalue weighted by atomic mass is 19.1. The third-order valence-corrected chi connectivity index (χ3v) is 2.99. The Kier molecular flexibility index (Phi) is 4.24. The Bertz CT molecular complexity index is 825. The Hall–Kier alpha value is -2.87. The average Bonchev–Trinajstić information content (AvgIpc) is 3.17. The predicted molar refractivity (Wildman–Crippen MR) is 76.4 cm³/mol. The quantitative estimate of drug-likeness (QED) is 0.743. The summed E-state index contributed by atoms with van der Waals surface area (Å²) in [5.41, 5.74) is 0. The minimum atomic E-state index is -1.07. The van der Waals surface area contributed by atoms with Crippen LogP contribution in [0.3, 0.4) is 0 Å². The molecule has 2 aromatic heterocycles. The van der Waals surface area contributed by atoms with Gasteiger partial charge in [0.1, 0.15) is 12.7 Å². The lowest BCUT2D eigenvalue weighted by molar-refractivity contribution is 0.0856. The van der Waals surface area contributed by atoms with E-state index in [1.807, 2.05) is 0 Å². The molecule has 0 aliphatic rings. The van der Waals surface area contributed by atoms with Crippen LogP contribution in [0, 0.1) is 5.82 Å². The van der Waals surface area contributed by atoms with Gasteiger partial charge in [-0.1, -0.05) is 12.1 Å². The van der Waals surface area contributed by atoms with E-state index >= 15 is 0 Å². The van der Waals surface area contributed by atoms with E-state index in [0.717, 1.165) is 4.68 Å². The number of rotatable bonds is 6. The van der Waals surface area contributed by atoms with Gasteiger partial charge in [-0.05, 0) is 24.3 Å². The molecule has 0 aliphatic carbocycles. The first kappa shape index (κ1) is 15.0. The van der Waals surface area contributed by atoms with E-state index in [1.54, 1.807) is 18.2 Å². The lowest BCUT2D eigenvalue weighted by Gasteiger charge is -2.11. The maximum atomic E-state index is 13.4. The second-order valence-corrected chi connectivity index (χ2v) is 4.73. The van der Waals surface area contributed by atoms with Crippen LogP contribution in [0.15, 0.2) is 56.3 Å². The van der Waals surface area contributed by atoms with Gasteiger partial charge in [0, 0.05) is 0 Å². The van der Waals surface area contributed by atoms with Crippen LogP contribution in [0.5, 0.6) is 5.75 Å². The van der Waals surface area contributed by atoms with Crippen LogP contribution in [0.4, 0.5) is 4.39 Å². The van der Waals surface area contributed by atoms with Crippen LogP contribution >= 0.6 is 0 Å². The fourth-order valence-corrected chi connectivity index (χ4v) is 1.92. The molecule has 23 heavy (non-hydrogen) atoms. The number of furan rings is 1. The van der Waals surface area contributed by atoms with E-state index in [1.165, 1.54) is 24.5 Å². The zero-order chi connectivity index (χ0) is 16.2. The fourth-order valence-electron chi connectivity index (χ4n) is 1.92. The molecule has 1 atom stereocenters. The number of aliphatic hydroxyl groups excluding tert-OH is 1. The van der Waals surface area contributed by atoms with E-state index in [9.17, 15) is 14.3 Å². The monoisotopic (exact) mass is 320 g/mol. The number of ether oxygens (including phenoxy) is 1. The summed E-state index contributed by atoms with van der Waals surface area (Å²) in [5, 5.41) is 13.8. The molecule has 0 spiro atoms. The molecule has 0 amide bonds. The van der Waals surface area contributed by atoms with Gasteiger partial charge in [-0.3, -0.25) is 0 Å². The van der Waals surface area contributed by atoms with Crippen LogP contribution in [0.2, 0.25) is 0 Å². The third kappa shape index (κ3) is 3.49. The molecule has 1 N–H and O–H groups in total. The zero-order valence-electron chi connectivity index (χ0n) is 11.9. The molecule has 0 fully saturated rings. The summed E-state index contributed by atoms with van der Waals surface area (Å²) in [6.07, 6.45) is 0.354. The van der Waals surface area contributed by atoms with E-state index in [4.69, 9.17) is 13.6 Å². The van der Waals surface area contributed by atoms with Crippen molar-refractivity contribution in [3.05, 3.63) is 59.0 Å². The van der Waals surface area contributed by atoms with Crippen molar-refractivity contribution in [3.8, 4) is 17.4 Å². The first-order chi connectivity index (χ1) is 11.1. The van der Waals surface area contributed by atoms with Gasteiger partial charge >= 0.3 is 5.76 Å². The Labute approximate surface area is 129 Å². The molecule has 0 radical (unpaired) electrons. The van der Waals surface area contributed by atoms with Crippen molar-refractivity contribution in [2.75, 3.05) is 6.61 Å². The van der Waals surface area contributed by atoms with Crippen molar-refractivity contribution < 1.29 is 23.1 Å². The number of benzene rings is 1. The summed E-state index contributed by atoms with van der Waals surface area (Å²) in [6, 6.07) is 9.06. The summed E-state index contributed by atoms with van der Waals surface area (Å²) in [6.45, 7) is -0.353. The minimum Gasteiger partial charge on any atom is -0.488 e. The number of aromatic nitrogens is 2. The van der Waals surface area contributed by atoms with Gasteiger partial charge in [-0.15, -0.1) is 5.10 Å². The van der Waals surface area contributed by atoms with Crippen molar-refractivity contribution in [2.45, 2.75) is 12.6 Å². The Balaban J connectivity index is 1.63. The Morgan fingerprint density at radius 2 is 2.13 bits per heavy atom. The van der Waals surface area contributed by atoms with Crippen molar-refractivity contribution >= 4 is 0 Å². The number of hydrogen-bond acceptors (Lipinski definition) is 6. The lowest BCUT2D eigenvalue weighted by Crippen LogP contribution is -2.29. The van der Waals surface area contributed by atoms with E-state index in [2.05, 4.69) is 5.10 Å². The molecule has 2 heterocycles. The number of halogens is 1. The van der Waals surface area contributed by atoms with Crippen LogP contribution in [0.1, 0.15) is 0 Å². The van der Waals surface area contributed by atoms with Gasteiger partial charge < -0.3 is 18.7 Å². The van der Waals surface area contributed by atoms with Crippen LogP contribution in [0.25, 0.3) is 11.7 Å². The highest BCUT2D eigenvalue weighted by Crippen LogP contribution is 2.16. The molecule has 0 bridgehead atoms. The molecule has 3 rings (SSSR count). The largest absolute Gasteiger partial charge is 0.488 e. The number of para-hydroxylation sites is 1. The summed E-state index contributed by atoms with van der Waals surface area (Å²) >= 11 is 0. The second-order valence-electron chi connectivity index (χ2n) is 4.73. The average molecular weight is 320 g/mol. The predicted octanol–water partition coefficient (Wildman–Crippen LogP) is 1.68. The summed E-state index contributed by atoms with van der Waals surface area (Å²) in [7, 11) is 0. The maximum absolute atomic E-state index is 13.4. The fraction of sp³-hybridized carbons (Fsp3) is 0.200. The summed E-state index contributed by atoms with van der Waals surface area (Å²) < 4.78 is 29.5. The van der Waals surface area contributed by atoms with E-state index < -0.39 is 17.7 Å². The molecule has 7 nitrogen and oxygen atoms in total. The molecule has 0 saturated heterocycles. The molecule has 3 aromatic rings. The van der Waals surface area contributed by atoms with Crippen molar-refractivity contribution in [1.82, 2.24) is 9.78 Å². The highest BCUT2D eigenvalue weighted by Gasteiger charge is 2.16. The standard InChI is InChI=1S/C15H13FN2O5/c16-11-4-1-2-5-12(11)22-9-10(19)8-18-15(20)23-14(17-18)13-6-3-7-21-13/h1-7,10,19H,8-9H2/t10-/m1/s1. The molecule has 120 valence electrons. The van der Waals surface area contributed by atoms with Gasteiger partial charge in [-0.25, -0.2) is 9.18 Å². The number of hydrogen-bond donors (Lipinski definition) is 1. The van der Waals surface area contributed by atoms with Crippen LogP contribution in [-0.4, -0.2) is 27.6 Å². The number of aliphatic hydroxyl groups is 1. The first-order valence-corrected chi connectivity index (χ1v) is 6.80. The van der Waals surface area contributed by atoms with Crippen LogP contribution < -0.4 is 10.5 Å². The van der Waals surface area contributed by atoms with Crippen molar-refractivity contribution in [1.29, 1.82) is 0 Å². The summed E-state index contributed by atoms with van der Waals surface area (Å²) in [4.78, 5) is 11.7. The zero-order valence-corrected chi connectivity index (χ0v) is 11.9. The highest BCUT2D eigenvalue weighted by molar-refractivity contribution is 5.42. The third-order valence-electron chi connectivity index (χ3n) is 2.99. The Morgan fingerprint density at radius 3 is 2.87 bits per heavy atom. The lowest BCUT2D eigenvalue weighted by atomic mass is 10.3. The van der Waals surface area contributed by atoms with Crippen molar-refractivity contribution in [2.24, 2.45) is 0 Å². The SMILES string of the molecule is O=c1oc(-c2ccco2)nn1C[C@@H](O)COc1ccccc1F. The van der Waals surface area contributed by atoms with Crippen molar-refractivity contribution in [3.63, 3.8) is 0 Å². The van der Waals surface area contributed by atoms with E-state index in [0.29, 0.717) is 5.76 Å². The minimum absolute atomic E-state index is 0.0159. The number of nitrogens with zero attached hydrogens (tertiary/aromatic N) is 2. The molecule has 1 aromatic carbocycles. The first-order valence-electron chi connectivity index (χ1n) is 6.80. The van der Waals surface area contributed by atoms with Gasteiger partial charge in [0.2, 0.25) is 0 Å². The second kappa shape index (κ2) is 6.49. The van der Waals surface area contributed by atoms with E-state index in [-0.39, 0.29) is 24.8 Å². The maximum Gasteiger partial charge on any atom is 0.437 e. The Morgan fingerprint density at radius 1 is 1.30 bits per heavy atom. The van der Waals surface area contributed by atoms with Gasteiger partial charge in [0.25, 0.3) is 5.89 Å². The molecule has 0 unspecified atom stereocenters. The molecular formula is C15H13FN2O5. The molecular weight excluding hydrogens is 307 g/mol.